The molecule has 0 aromatic heterocycles. The van der Waals surface area contributed by atoms with Gasteiger partial charge in [0.1, 0.15) is 5.75 Å². The predicted octanol–water partition coefficient (Wildman–Crippen LogP) is 1.31. The third-order valence-electron chi connectivity index (χ3n) is 3.61. The van der Waals surface area contributed by atoms with Gasteiger partial charge < -0.3 is 10.6 Å². The van der Waals surface area contributed by atoms with Gasteiger partial charge in [0.15, 0.2) is 9.84 Å². The van der Waals surface area contributed by atoms with Crippen molar-refractivity contribution >= 4 is 31.7 Å². The first-order valence-electron chi connectivity index (χ1n) is 6.86. The van der Waals surface area contributed by atoms with E-state index in [0.29, 0.717) is 18.7 Å². The number of halogens is 1. The first-order chi connectivity index (χ1) is 9.91. The van der Waals surface area contributed by atoms with E-state index in [4.69, 9.17) is 5.73 Å². The Morgan fingerprint density at radius 2 is 2.00 bits per heavy atom. The average Bonchev–Trinajstić information content (AvgIpc) is 2.89. The molecule has 1 fully saturated rings. The Kier molecular flexibility index (Phi) is 5.40. The SMILES string of the molecule is NCC1CCCN1C(=O)CS(=O)(=O)Cc1ccc(Br)cc1. The monoisotopic (exact) mass is 374 g/mol. The quantitative estimate of drug-likeness (QED) is 0.842. The van der Waals surface area contributed by atoms with Crippen LogP contribution in [0.4, 0.5) is 0 Å². The van der Waals surface area contributed by atoms with E-state index in [1.54, 1.807) is 29.2 Å². The molecule has 1 aliphatic heterocycles. The summed E-state index contributed by atoms with van der Waals surface area (Å²) in [6.45, 7) is 0.993. The van der Waals surface area contributed by atoms with Gasteiger partial charge in [0.2, 0.25) is 5.91 Å². The van der Waals surface area contributed by atoms with Gasteiger partial charge in [-0.1, -0.05) is 28.1 Å². The summed E-state index contributed by atoms with van der Waals surface area (Å²) in [5.74, 6) is -0.896. The summed E-state index contributed by atoms with van der Waals surface area (Å²) in [5.41, 5.74) is 6.30. The third kappa shape index (κ3) is 4.52. The van der Waals surface area contributed by atoms with Crippen LogP contribution in [0.2, 0.25) is 0 Å². The van der Waals surface area contributed by atoms with Crippen molar-refractivity contribution in [2.75, 3.05) is 18.8 Å². The zero-order chi connectivity index (χ0) is 15.5. The molecule has 21 heavy (non-hydrogen) atoms. The maximum Gasteiger partial charge on any atom is 0.238 e. The summed E-state index contributed by atoms with van der Waals surface area (Å²) in [4.78, 5) is 13.8. The minimum absolute atomic E-state index is 0.0135. The van der Waals surface area contributed by atoms with Crippen molar-refractivity contribution in [3.63, 3.8) is 0 Å². The number of likely N-dealkylation sites (tertiary alicyclic amines) is 1. The van der Waals surface area contributed by atoms with Crippen LogP contribution in [0.25, 0.3) is 0 Å². The van der Waals surface area contributed by atoms with Crippen LogP contribution in [0.3, 0.4) is 0 Å². The van der Waals surface area contributed by atoms with Gasteiger partial charge in [-0.15, -0.1) is 0 Å². The largest absolute Gasteiger partial charge is 0.338 e. The zero-order valence-electron chi connectivity index (χ0n) is 11.7. The summed E-state index contributed by atoms with van der Waals surface area (Å²) >= 11 is 3.30. The second kappa shape index (κ2) is 6.89. The van der Waals surface area contributed by atoms with Crippen molar-refractivity contribution in [1.82, 2.24) is 4.90 Å². The summed E-state index contributed by atoms with van der Waals surface area (Å²) in [5, 5.41) is 0. The second-order valence-corrected chi connectivity index (χ2v) is 8.26. The number of nitrogens with zero attached hydrogens (tertiary/aromatic N) is 1. The fourth-order valence-electron chi connectivity index (χ4n) is 2.57. The van der Waals surface area contributed by atoms with Gasteiger partial charge in [0.25, 0.3) is 0 Å². The number of sulfone groups is 1. The molecule has 1 amide bonds. The van der Waals surface area contributed by atoms with Crippen molar-refractivity contribution in [3.05, 3.63) is 34.3 Å². The molecule has 1 aromatic rings. The Bertz CT molecular complexity index is 601. The van der Waals surface area contributed by atoms with E-state index in [9.17, 15) is 13.2 Å². The van der Waals surface area contributed by atoms with Crippen molar-refractivity contribution < 1.29 is 13.2 Å². The molecule has 2 rings (SSSR count). The lowest BCUT2D eigenvalue weighted by molar-refractivity contribution is -0.129. The van der Waals surface area contributed by atoms with Crippen LogP contribution in [0.1, 0.15) is 18.4 Å². The van der Waals surface area contributed by atoms with Gasteiger partial charge in [-0.25, -0.2) is 8.42 Å². The maximum absolute atomic E-state index is 12.2. The lowest BCUT2D eigenvalue weighted by Gasteiger charge is -2.23. The van der Waals surface area contributed by atoms with E-state index < -0.39 is 15.6 Å². The number of rotatable bonds is 5. The summed E-state index contributed by atoms with van der Waals surface area (Å²) in [6.07, 6.45) is 1.75. The van der Waals surface area contributed by atoms with E-state index in [1.165, 1.54) is 0 Å². The number of carbonyl (C=O) groups is 1. The highest BCUT2D eigenvalue weighted by Crippen LogP contribution is 2.18. The highest BCUT2D eigenvalue weighted by Gasteiger charge is 2.30. The molecular formula is C14H19BrN2O3S. The maximum atomic E-state index is 12.2. The van der Waals surface area contributed by atoms with Gasteiger partial charge in [0, 0.05) is 23.6 Å². The van der Waals surface area contributed by atoms with Crippen molar-refractivity contribution in [3.8, 4) is 0 Å². The molecule has 7 heteroatoms. The number of benzene rings is 1. The first-order valence-corrected chi connectivity index (χ1v) is 9.47. The van der Waals surface area contributed by atoms with Gasteiger partial charge in [-0.3, -0.25) is 4.79 Å². The number of hydrogen-bond donors (Lipinski definition) is 1. The Hall–Kier alpha value is -0.920. The Morgan fingerprint density at radius 1 is 1.33 bits per heavy atom. The smallest absolute Gasteiger partial charge is 0.238 e. The van der Waals surface area contributed by atoms with Gasteiger partial charge in [-0.05, 0) is 30.5 Å². The van der Waals surface area contributed by atoms with Crippen LogP contribution in [0.15, 0.2) is 28.7 Å². The minimum Gasteiger partial charge on any atom is -0.338 e. The Balaban J connectivity index is 2.00. The molecule has 1 aliphatic rings. The molecule has 1 aromatic carbocycles. The standard InChI is InChI=1S/C14H19BrN2O3S/c15-12-5-3-11(4-6-12)9-21(19,20)10-14(18)17-7-1-2-13(17)8-16/h3-6,13H,1-2,7-10,16H2. The van der Waals surface area contributed by atoms with Crippen molar-refractivity contribution in [2.45, 2.75) is 24.6 Å². The number of nitrogens with two attached hydrogens (primary N) is 1. The minimum atomic E-state index is -3.46. The van der Waals surface area contributed by atoms with Crippen LogP contribution >= 0.6 is 15.9 Å². The second-order valence-electron chi connectivity index (χ2n) is 5.28. The molecular weight excluding hydrogens is 356 g/mol. The van der Waals surface area contributed by atoms with Crippen molar-refractivity contribution in [1.29, 1.82) is 0 Å². The van der Waals surface area contributed by atoms with E-state index >= 15 is 0 Å². The molecule has 1 heterocycles. The van der Waals surface area contributed by atoms with Gasteiger partial charge in [-0.2, -0.15) is 0 Å². The molecule has 1 unspecified atom stereocenters. The van der Waals surface area contributed by atoms with Gasteiger partial charge in [0.05, 0.1) is 5.75 Å². The van der Waals surface area contributed by atoms with Crippen LogP contribution in [-0.2, 0) is 20.4 Å². The fourth-order valence-corrected chi connectivity index (χ4v) is 4.17. The molecule has 0 saturated carbocycles. The molecule has 0 spiro atoms. The molecule has 1 atom stereocenters. The average molecular weight is 375 g/mol. The van der Waals surface area contributed by atoms with E-state index in [2.05, 4.69) is 15.9 Å². The highest BCUT2D eigenvalue weighted by atomic mass is 79.9. The normalized spacial score (nSPS) is 19.0. The molecule has 0 aliphatic carbocycles. The Labute approximate surface area is 133 Å². The van der Waals surface area contributed by atoms with Gasteiger partial charge >= 0.3 is 0 Å². The van der Waals surface area contributed by atoms with Crippen LogP contribution in [0.5, 0.6) is 0 Å². The number of amides is 1. The molecule has 116 valence electrons. The Morgan fingerprint density at radius 3 is 2.62 bits per heavy atom. The zero-order valence-corrected chi connectivity index (χ0v) is 14.1. The number of carbonyl (C=O) groups excluding carboxylic acids is 1. The van der Waals surface area contributed by atoms with Crippen LogP contribution in [0, 0.1) is 0 Å². The van der Waals surface area contributed by atoms with E-state index in [1.807, 2.05) is 0 Å². The predicted molar refractivity (Wildman–Crippen MR) is 85.4 cm³/mol. The molecule has 0 radical (unpaired) electrons. The van der Waals surface area contributed by atoms with Crippen LogP contribution in [-0.4, -0.2) is 44.1 Å². The van der Waals surface area contributed by atoms with Crippen LogP contribution < -0.4 is 5.73 Å². The lowest BCUT2D eigenvalue weighted by Crippen LogP contribution is -2.42. The third-order valence-corrected chi connectivity index (χ3v) is 5.60. The molecule has 1 saturated heterocycles. The lowest BCUT2D eigenvalue weighted by atomic mass is 10.2. The topological polar surface area (TPSA) is 80.5 Å². The van der Waals surface area contributed by atoms with E-state index in [0.717, 1.165) is 17.3 Å². The fraction of sp³-hybridized carbons (Fsp3) is 0.500. The molecule has 5 nitrogen and oxygen atoms in total. The molecule has 0 bridgehead atoms. The summed E-state index contributed by atoms with van der Waals surface area (Å²) in [7, 11) is -3.46. The number of hydrogen-bond acceptors (Lipinski definition) is 4. The summed E-state index contributed by atoms with van der Waals surface area (Å²) < 4.78 is 25.2. The van der Waals surface area contributed by atoms with Crippen molar-refractivity contribution in [2.24, 2.45) is 5.73 Å². The highest BCUT2D eigenvalue weighted by molar-refractivity contribution is 9.10. The summed E-state index contributed by atoms with van der Waals surface area (Å²) in [6, 6.07) is 7.05. The molecule has 2 N–H and O–H groups in total. The van der Waals surface area contributed by atoms with E-state index in [-0.39, 0.29) is 17.7 Å². The first kappa shape index (κ1) is 16.5.